The molecule has 1 spiro atoms. The Labute approximate surface area is 449 Å². The Bertz CT molecular complexity index is 4340. The molecule has 9 fully saturated rings. The van der Waals surface area contributed by atoms with Crippen LogP contribution in [-0.2, 0) is 10.8 Å². The van der Waals surface area contributed by atoms with Crippen molar-refractivity contribution in [2.45, 2.75) is 75.5 Å². The first kappa shape index (κ1) is 42.3. The highest BCUT2D eigenvalue weighted by molar-refractivity contribution is 7.26. The van der Waals surface area contributed by atoms with E-state index in [0.29, 0.717) is 16.2 Å². The van der Waals surface area contributed by atoms with Crippen LogP contribution in [-0.4, -0.2) is 11.8 Å². The number of aromatic nitrogens is 1. The second kappa shape index (κ2) is 14.6. The molecular formula is C72H58BN2S. The van der Waals surface area contributed by atoms with E-state index in [2.05, 4.69) is 200 Å². The van der Waals surface area contributed by atoms with Crippen molar-refractivity contribution >= 4 is 93.7 Å². The number of hydrogen-bond acceptors (Lipinski definition) is 2. The minimum atomic E-state index is 0.292. The summed E-state index contributed by atoms with van der Waals surface area (Å²) in [5.74, 6) is 6.45. The summed E-state index contributed by atoms with van der Waals surface area (Å²) in [6.07, 6.45) is 12.8. The van der Waals surface area contributed by atoms with E-state index in [1.54, 1.807) is 11.1 Å². The summed E-state index contributed by atoms with van der Waals surface area (Å²) >= 11 is 1.93. The third-order valence-corrected chi connectivity index (χ3v) is 23.8. The first-order valence-electron chi connectivity index (χ1n) is 28.9. The average molecular weight is 994 g/mol. The normalized spacial score (nSPS) is 29.6. The first-order chi connectivity index (χ1) is 37.4. The van der Waals surface area contributed by atoms with Crippen molar-refractivity contribution < 1.29 is 0 Å². The lowest BCUT2D eigenvalue weighted by Crippen LogP contribution is -2.59. The largest absolute Gasteiger partial charge is 0.355 e. The van der Waals surface area contributed by atoms with Crippen molar-refractivity contribution in [3.8, 4) is 39.1 Å². The molecule has 365 valence electrons. The van der Waals surface area contributed by atoms with E-state index >= 15 is 0 Å². The molecule has 3 heterocycles. The summed E-state index contributed by atoms with van der Waals surface area (Å²) < 4.78 is 5.39. The van der Waals surface area contributed by atoms with E-state index in [1.165, 1.54) is 161 Å². The van der Waals surface area contributed by atoms with Crippen LogP contribution in [0, 0.1) is 46.8 Å². The Morgan fingerprint density at radius 3 is 2.07 bits per heavy atom. The first-order valence-corrected chi connectivity index (χ1v) is 29.7. The number of rotatable bonds is 7. The van der Waals surface area contributed by atoms with Gasteiger partial charge in [-0.3, -0.25) is 0 Å². The van der Waals surface area contributed by atoms with Gasteiger partial charge in [0, 0.05) is 59.1 Å². The highest BCUT2D eigenvalue weighted by Gasteiger charge is 2.77. The van der Waals surface area contributed by atoms with E-state index in [4.69, 9.17) is 0 Å². The predicted octanol–water partition coefficient (Wildman–Crippen LogP) is 17.4. The van der Waals surface area contributed by atoms with Gasteiger partial charge in [0.1, 0.15) is 0 Å². The lowest BCUT2D eigenvalue weighted by atomic mass is 9.38. The molecule has 1 radical (unpaired) electrons. The molecule has 7 atom stereocenters. The van der Waals surface area contributed by atoms with Crippen LogP contribution in [0.2, 0.25) is 0 Å². The van der Waals surface area contributed by atoms with Gasteiger partial charge in [0.05, 0.1) is 5.52 Å². The van der Waals surface area contributed by atoms with Crippen LogP contribution in [0.3, 0.4) is 0 Å². The molecule has 11 aromatic rings. The molecule has 2 aromatic heterocycles. The summed E-state index contributed by atoms with van der Waals surface area (Å²) in [6, 6.07) is 68.1. The van der Waals surface area contributed by atoms with Gasteiger partial charge in [0.25, 0.3) is 0 Å². The molecule has 9 aliphatic carbocycles. The van der Waals surface area contributed by atoms with Crippen LogP contribution in [0.15, 0.2) is 176 Å². The molecule has 0 saturated heterocycles. The van der Waals surface area contributed by atoms with E-state index < -0.39 is 0 Å². The third kappa shape index (κ3) is 5.35. The Morgan fingerprint density at radius 1 is 0.579 bits per heavy atom. The molecular weight excluding hydrogens is 936 g/mol. The Hall–Kier alpha value is -6.88. The highest BCUT2D eigenvalue weighted by Crippen LogP contribution is 2.84. The van der Waals surface area contributed by atoms with E-state index in [9.17, 15) is 0 Å². The van der Waals surface area contributed by atoms with E-state index in [1.807, 2.05) is 11.3 Å². The fourth-order valence-electron chi connectivity index (χ4n) is 19.5. The SMILES string of the molecule is CC1CC2CC3C2CC3(c2ccc3c(c2)c2cc(C45CC6CC7CC(C4)C76C5)cc4c2n3-c2cc(-c3ccccc3)cc(-c3c(Nc5ccc(-c6ccccc6)cc5)ccc5sc6cc7ccccc7cc6c35)c2[B]4)C1. The molecule has 9 saturated carbocycles. The number of anilines is 2. The van der Waals surface area contributed by atoms with Crippen molar-refractivity contribution in [1.82, 2.24) is 4.57 Å². The summed E-state index contributed by atoms with van der Waals surface area (Å²) in [7, 11) is 2.66. The van der Waals surface area contributed by atoms with Crippen LogP contribution >= 0.6 is 11.3 Å². The molecule has 0 amide bonds. The predicted molar refractivity (Wildman–Crippen MR) is 320 cm³/mol. The van der Waals surface area contributed by atoms with Gasteiger partial charge in [-0.2, -0.15) is 0 Å². The zero-order valence-electron chi connectivity index (χ0n) is 43.1. The van der Waals surface area contributed by atoms with Crippen molar-refractivity contribution in [3.05, 3.63) is 187 Å². The highest BCUT2D eigenvalue weighted by atomic mass is 32.1. The zero-order chi connectivity index (χ0) is 49.4. The molecule has 21 rings (SSSR count). The molecule has 2 nitrogen and oxygen atoms in total. The average Bonchev–Trinajstić information content (AvgIpc) is 4.09. The number of fused-ring (bicyclic) bond motifs is 10. The van der Waals surface area contributed by atoms with Crippen molar-refractivity contribution in [2.24, 2.45) is 46.8 Å². The number of thiophene rings is 1. The summed E-state index contributed by atoms with van der Waals surface area (Å²) in [5, 5.41) is 12.3. The number of nitrogens with one attached hydrogen (secondary N) is 1. The molecule has 10 aliphatic rings. The molecule has 1 N–H and O–H groups in total. The quantitative estimate of drug-likeness (QED) is 0.157. The molecule has 4 heteroatoms. The Balaban J connectivity index is 0.881. The maximum absolute atomic E-state index is 4.09. The van der Waals surface area contributed by atoms with Crippen LogP contribution in [0.4, 0.5) is 11.4 Å². The maximum Gasteiger partial charge on any atom is 0.197 e. The van der Waals surface area contributed by atoms with Gasteiger partial charge in [0.15, 0.2) is 7.28 Å². The van der Waals surface area contributed by atoms with Gasteiger partial charge in [-0.15, -0.1) is 11.3 Å². The van der Waals surface area contributed by atoms with E-state index in [0.717, 1.165) is 52.8 Å². The fraction of sp³-hybridized carbons (Fsp3) is 0.278. The van der Waals surface area contributed by atoms with Crippen LogP contribution in [0.5, 0.6) is 0 Å². The summed E-state index contributed by atoms with van der Waals surface area (Å²) in [6.45, 7) is 2.56. The van der Waals surface area contributed by atoms with Crippen LogP contribution in [0.1, 0.15) is 75.8 Å². The van der Waals surface area contributed by atoms with Gasteiger partial charge in [-0.1, -0.05) is 122 Å². The summed E-state index contributed by atoms with van der Waals surface area (Å²) in [5.41, 5.74) is 21.0. The second-order valence-electron chi connectivity index (χ2n) is 25.9. The monoisotopic (exact) mass is 993 g/mol. The summed E-state index contributed by atoms with van der Waals surface area (Å²) in [4.78, 5) is 0. The standard InChI is InChI=1S/C72H58BN2S/c1-40-24-47-27-59-58(47)38-71(59,35-40)48-18-22-62-54(32-48)55-33-49(70-36-51-30-50-31-52(37-70)72(50,51)39-70)34-60-69(55)75(62)63-28-46(42-12-6-3-7-13-42)26-57(68(63)73-60)66-61(74-53-19-16-43(17-20-53)41-10-4-2-5-11-41)21-23-64-67(66)56-25-44-14-8-9-15-45(44)29-65(56)76-64/h2-23,25-26,28-29,32-34,40,47,50-52,58-59,74H,24,27,30-31,35-39H2,1H3. The minimum Gasteiger partial charge on any atom is -0.355 e. The lowest BCUT2D eigenvalue weighted by molar-refractivity contribution is -0.175. The maximum atomic E-state index is 4.09. The van der Waals surface area contributed by atoms with Crippen molar-refractivity contribution in [2.75, 3.05) is 5.32 Å². The Kier molecular flexibility index (Phi) is 8.10. The number of benzene rings is 9. The van der Waals surface area contributed by atoms with Crippen molar-refractivity contribution in [3.63, 3.8) is 0 Å². The van der Waals surface area contributed by atoms with E-state index in [-0.39, 0.29) is 0 Å². The lowest BCUT2D eigenvalue weighted by Gasteiger charge is -2.66. The minimum absolute atomic E-state index is 0.292. The number of hydrogen-bond donors (Lipinski definition) is 1. The fourth-order valence-corrected chi connectivity index (χ4v) is 20.7. The molecule has 6 bridgehead atoms. The molecule has 7 unspecified atom stereocenters. The smallest absolute Gasteiger partial charge is 0.197 e. The van der Waals surface area contributed by atoms with Gasteiger partial charge in [0.2, 0.25) is 0 Å². The molecule has 9 aromatic carbocycles. The Morgan fingerprint density at radius 2 is 1.32 bits per heavy atom. The zero-order valence-corrected chi connectivity index (χ0v) is 43.9. The van der Waals surface area contributed by atoms with Crippen LogP contribution < -0.4 is 16.2 Å². The van der Waals surface area contributed by atoms with Crippen LogP contribution in [0.25, 0.3) is 91.8 Å². The van der Waals surface area contributed by atoms with Crippen molar-refractivity contribution in [1.29, 1.82) is 0 Å². The second-order valence-corrected chi connectivity index (χ2v) is 27.0. The number of nitrogens with zero attached hydrogens (tertiary/aromatic N) is 1. The van der Waals surface area contributed by atoms with Gasteiger partial charge >= 0.3 is 0 Å². The molecule has 1 aliphatic heterocycles. The van der Waals surface area contributed by atoms with Gasteiger partial charge in [-0.05, 0) is 237 Å². The molecule has 76 heavy (non-hydrogen) atoms. The van der Waals surface area contributed by atoms with Gasteiger partial charge in [-0.25, -0.2) is 0 Å². The topological polar surface area (TPSA) is 17.0 Å². The van der Waals surface area contributed by atoms with Gasteiger partial charge < -0.3 is 9.88 Å². The third-order valence-electron chi connectivity index (χ3n) is 22.7.